The summed E-state index contributed by atoms with van der Waals surface area (Å²) in [5.74, 6) is 0.148. The van der Waals surface area contributed by atoms with E-state index in [0.29, 0.717) is 35.6 Å². The topological polar surface area (TPSA) is 114 Å². The molecule has 210 valence electrons. The number of hydrogen-bond donors (Lipinski definition) is 3. The van der Waals surface area contributed by atoms with E-state index in [-0.39, 0.29) is 30.1 Å². The van der Waals surface area contributed by atoms with Crippen molar-refractivity contribution in [2.24, 2.45) is 5.92 Å². The number of nitrogens with one attached hydrogen (secondary N) is 3. The number of pyridine rings is 1. The smallest absolute Gasteiger partial charge is 0.254 e. The summed E-state index contributed by atoms with van der Waals surface area (Å²) in [7, 11) is 0. The Balaban J connectivity index is 1.34. The molecule has 2 fully saturated rings. The van der Waals surface area contributed by atoms with E-state index in [0.717, 1.165) is 47.6 Å². The molecular weight excluding hydrogens is 519 g/mol. The van der Waals surface area contributed by atoms with Crippen molar-refractivity contribution in [1.29, 1.82) is 0 Å². The van der Waals surface area contributed by atoms with Gasteiger partial charge in [0.2, 0.25) is 0 Å². The highest BCUT2D eigenvalue weighted by atomic mass is 32.2. The fourth-order valence-electron chi connectivity index (χ4n) is 6.18. The maximum absolute atomic E-state index is 13.6. The van der Waals surface area contributed by atoms with Gasteiger partial charge in [0.05, 0.1) is 29.7 Å². The summed E-state index contributed by atoms with van der Waals surface area (Å²) in [6.07, 6.45) is 9.07. The second-order valence-electron chi connectivity index (χ2n) is 11.0. The molecule has 0 aromatic carbocycles. The first kappa shape index (κ1) is 27.8. The highest BCUT2D eigenvalue weighted by molar-refractivity contribution is 7.98. The van der Waals surface area contributed by atoms with Crippen LogP contribution in [-0.4, -0.2) is 63.2 Å². The van der Waals surface area contributed by atoms with E-state index in [4.69, 9.17) is 4.74 Å². The van der Waals surface area contributed by atoms with Gasteiger partial charge in [0.15, 0.2) is 0 Å². The molecule has 1 amide bonds. The van der Waals surface area contributed by atoms with Gasteiger partial charge < -0.3 is 24.9 Å². The fraction of sp³-hybridized carbons (Fsp3) is 0.571. The van der Waals surface area contributed by atoms with Gasteiger partial charge in [-0.05, 0) is 64.7 Å². The Morgan fingerprint density at radius 2 is 2.05 bits per heavy atom. The number of H-pyrrole nitrogens is 1. The molecule has 0 unspecified atom stereocenters. The predicted octanol–water partition coefficient (Wildman–Crippen LogP) is 3.84. The molecule has 0 radical (unpaired) electrons. The molecule has 2 aliphatic rings. The number of carbonyl (C=O) groups excluding carboxylic acids is 1. The van der Waals surface area contributed by atoms with Crippen LogP contribution < -0.4 is 16.2 Å². The number of alkyl halides is 1. The Kier molecular flexibility index (Phi) is 8.11. The largest absolute Gasteiger partial charge is 0.377 e. The van der Waals surface area contributed by atoms with Crippen LogP contribution in [0.15, 0.2) is 28.3 Å². The first-order valence-electron chi connectivity index (χ1n) is 13.5. The van der Waals surface area contributed by atoms with Gasteiger partial charge in [-0.25, -0.2) is 14.4 Å². The summed E-state index contributed by atoms with van der Waals surface area (Å²) >= 11 is 1.48. The third-order valence-electron chi connectivity index (χ3n) is 8.40. The van der Waals surface area contributed by atoms with Gasteiger partial charge in [-0.3, -0.25) is 9.59 Å². The average Bonchev–Trinajstić information content (AvgIpc) is 3.21. The molecule has 0 spiro atoms. The number of rotatable bonds is 9. The number of thioether (sulfide) groups is 1. The van der Waals surface area contributed by atoms with Crippen LogP contribution >= 0.6 is 11.8 Å². The molecule has 0 bridgehead atoms. The van der Waals surface area contributed by atoms with Crippen LogP contribution in [-0.2, 0) is 11.3 Å². The van der Waals surface area contributed by atoms with E-state index in [1.807, 2.05) is 26.2 Å². The first-order chi connectivity index (χ1) is 18.8. The summed E-state index contributed by atoms with van der Waals surface area (Å²) in [6, 6.07) is 2.33. The van der Waals surface area contributed by atoms with Gasteiger partial charge in [0.25, 0.3) is 11.5 Å². The van der Waals surface area contributed by atoms with Gasteiger partial charge in [0.1, 0.15) is 18.6 Å². The third-order valence-corrected chi connectivity index (χ3v) is 9.20. The normalized spacial score (nSPS) is 21.5. The van der Waals surface area contributed by atoms with Crippen LogP contribution in [0, 0.1) is 19.8 Å². The maximum Gasteiger partial charge on any atom is 0.254 e. The van der Waals surface area contributed by atoms with E-state index in [1.165, 1.54) is 18.1 Å². The number of fused-ring (bicyclic) bond motifs is 1. The summed E-state index contributed by atoms with van der Waals surface area (Å²) < 4.78 is 21.0. The minimum atomic E-state index is -0.504. The van der Waals surface area contributed by atoms with Crippen molar-refractivity contribution >= 4 is 28.7 Å². The lowest BCUT2D eigenvalue weighted by atomic mass is 9.80. The standard InChI is InChI=1S/C28H37FN6O3S/c1-16-9-23(39-4)21(26(36)33-16)11-31-27(37)24-18(3)35(25-22(24)10-30-15-32-25)17(2)19-5-7-20(8-6-19)34-28(12-29)13-38-14-28/h9-10,15,17,19-20,34H,5-8,11-14H2,1-4H3,(H,31,37)(H,33,36)/t17-,19?,20?/m1/s1. The van der Waals surface area contributed by atoms with Crippen LogP contribution in [0.1, 0.15) is 66.0 Å². The van der Waals surface area contributed by atoms with Crippen molar-refractivity contribution in [3.63, 3.8) is 0 Å². The zero-order chi connectivity index (χ0) is 27.7. The number of hydrogen-bond acceptors (Lipinski definition) is 7. The highest BCUT2D eigenvalue weighted by Gasteiger charge is 2.41. The SMILES string of the molecule is CSc1cc(C)[nH]c(=O)c1CNC(=O)c1c(C)n([C@H](C)C2CCC(NC3(CF)COC3)CC2)c2ncncc12. The predicted molar refractivity (Wildman–Crippen MR) is 150 cm³/mol. The van der Waals surface area contributed by atoms with Crippen LogP contribution in [0.25, 0.3) is 11.0 Å². The molecule has 9 nitrogen and oxygen atoms in total. The molecule has 3 N–H and O–H groups in total. The lowest BCUT2D eigenvalue weighted by molar-refractivity contribution is -0.0917. The molecule has 1 saturated heterocycles. The molecule has 5 rings (SSSR count). The number of aromatic amines is 1. The van der Waals surface area contributed by atoms with Crippen LogP contribution in [0.4, 0.5) is 4.39 Å². The van der Waals surface area contributed by atoms with Gasteiger partial charge in [0, 0.05) is 46.7 Å². The van der Waals surface area contributed by atoms with E-state index in [1.54, 1.807) is 6.20 Å². The minimum Gasteiger partial charge on any atom is -0.377 e. The fourth-order valence-corrected chi connectivity index (χ4v) is 6.89. The summed E-state index contributed by atoms with van der Waals surface area (Å²) in [4.78, 5) is 38.6. The second kappa shape index (κ2) is 11.4. The summed E-state index contributed by atoms with van der Waals surface area (Å²) in [5.41, 5.74) is 2.74. The van der Waals surface area contributed by atoms with Gasteiger partial charge in [-0.15, -0.1) is 11.8 Å². The van der Waals surface area contributed by atoms with Crippen molar-refractivity contribution in [2.75, 3.05) is 26.1 Å². The second-order valence-corrected chi connectivity index (χ2v) is 11.9. The third kappa shape index (κ3) is 5.36. The van der Waals surface area contributed by atoms with Gasteiger partial charge in [-0.1, -0.05) is 0 Å². The average molecular weight is 557 g/mol. The van der Waals surface area contributed by atoms with Crippen molar-refractivity contribution in [1.82, 2.24) is 30.2 Å². The minimum absolute atomic E-state index is 0.120. The van der Waals surface area contributed by atoms with Crippen LogP contribution in [0.5, 0.6) is 0 Å². The number of carbonyl (C=O) groups is 1. The van der Waals surface area contributed by atoms with Crippen molar-refractivity contribution in [3.8, 4) is 0 Å². The monoisotopic (exact) mass is 556 g/mol. The van der Waals surface area contributed by atoms with E-state index in [9.17, 15) is 14.0 Å². The summed E-state index contributed by atoms with van der Waals surface area (Å²) in [5, 5.41) is 7.18. The first-order valence-corrected chi connectivity index (χ1v) is 14.8. The maximum atomic E-state index is 13.6. The molecule has 4 heterocycles. The Bertz CT molecular complexity index is 1400. The number of aryl methyl sites for hydroxylation is 1. The van der Waals surface area contributed by atoms with E-state index >= 15 is 0 Å². The quantitative estimate of drug-likeness (QED) is 0.343. The van der Waals surface area contributed by atoms with Gasteiger partial charge >= 0.3 is 0 Å². The highest BCUT2D eigenvalue weighted by Crippen LogP contribution is 2.38. The van der Waals surface area contributed by atoms with Gasteiger partial charge in [-0.2, -0.15) is 0 Å². The lowest BCUT2D eigenvalue weighted by Gasteiger charge is -2.44. The summed E-state index contributed by atoms with van der Waals surface area (Å²) in [6.45, 7) is 6.59. The van der Waals surface area contributed by atoms with E-state index in [2.05, 4.69) is 37.1 Å². The molecule has 3 aromatic rings. The number of aromatic nitrogens is 4. The Morgan fingerprint density at radius 3 is 2.69 bits per heavy atom. The van der Waals surface area contributed by atoms with E-state index < -0.39 is 12.2 Å². The molecule has 3 aromatic heterocycles. The molecular formula is C28H37FN6O3S. The number of halogens is 1. The van der Waals surface area contributed by atoms with Crippen LogP contribution in [0.2, 0.25) is 0 Å². The van der Waals surface area contributed by atoms with Crippen molar-refractivity contribution < 1.29 is 13.9 Å². The Labute approximate surface area is 231 Å². The molecule has 1 atom stereocenters. The molecule has 39 heavy (non-hydrogen) atoms. The Hall–Kier alpha value is -2.76. The molecule has 1 saturated carbocycles. The number of amides is 1. The van der Waals surface area contributed by atoms with Crippen LogP contribution in [0.3, 0.4) is 0 Å². The lowest BCUT2D eigenvalue weighted by Crippen LogP contribution is -2.65. The number of ether oxygens (including phenoxy) is 1. The number of nitrogens with zero attached hydrogens (tertiary/aromatic N) is 3. The molecule has 11 heteroatoms. The van der Waals surface area contributed by atoms with Crippen molar-refractivity contribution in [3.05, 3.63) is 51.5 Å². The molecule has 1 aliphatic carbocycles. The Morgan fingerprint density at radius 1 is 1.31 bits per heavy atom. The molecule has 1 aliphatic heterocycles. The zero-order valence-electron chi connectivity index (χ0n) is 23.0. The zero-order valence-corrected chi connectivity index (χ0v) is 23.8. The van der Waals surface area contributed by atoms with Crippen molar-refractivity contribution in [2.45, 2.75) is 75.5 Å².